The lowest BCUT2D eigenvalue weighted by molar-refractivity contribution is 0.0523. The molecule has 0 unspecified atom stereocenters. The van der Waals surface area contributed by atoms with Crippen molar-refractivity contribution < 1.29 is 14.1 Å². The molecule has 0 fully saturated rings. The molecule has 5 nitrogen and oxygen atoms in total. The molecule has 1 heterocycles. The second-order valence-electron chi connectivity index (χ2n) is 2.75. The minimum Gasteiger partial charge on any atom is -0.462 e. The van der Waals surface area contributed by atoms with Crippen LogP contribution in [-0.4, -0.2) is 17.3 Å². The van der Waals surface area contributed by atoms with E-state index in [0.717, 1.165) is 0 Å². The normalized spacial score (nSPS) is 10.2. The van der Waals surface area contributed by atoms with Gasteiger partial charge in [-0.3, -0.25) is 0 Å². The highest BCUT2D eigenvalue weighted by molar-refractivity contribution is 5.89. The van der Waals surface area contributed by atoms with Gasteiger partial charge in [0.15, 0.2) is 5.56 Å². The molecular formula is C9H13NO4. The van der Waals surface area contributed by atoms with Crippen LogP contribution in [0, 0.1) is 6.92 Å². The Kier molecular flexibility index (Phi) is 3.11. The minimum absolute atomic E-state index is 0.00583. The highest BCUT2D eigenvalue weighted by Crippen LogP contribution is 2.05. The maximum absolute atomic E-state index is 11.3. The molecule has 1 rings (SSSR count). The van der Waals surface area contributed by atoms with Crippen molar-refractivity contribution in [3.8, 4) is 0 Å². The van der Waals surface area contributed by atoms with Crippen LogP contribution in [0.15, 0.2) is 9.32 Å². The Morgan fingerprint density at radius 1 is 1.50 bits per heavy atom. The number of carbonyl (C=O) groups excluding carboxylic acids is 1. The number of ether oxygens (including phenoxy) is 1. The molecule has 0 amide bonds. The predicted molar refractivity (Wildman–Crippen MR) is 49.3 cm³/mol. The standard InChI is InChI=1S/C9H13NO4/c1-4-10-6(3)7(9(12)14-10)8(11)13-5-2/h4-5H2,1-3H3. The molecule has 14 heavy (non-hydrogen) atoms. The number of hydrogen-bond acceptors (Lipinski definition) is 4. The van der Waals surface area contributed by atoms with Gasteiger partial charge >= 0.3 is 11.6 Å². The SMILES string of the molecule is CCOC(=O)c1c(C)n(CC)oc1=O. The van der Waals surface area contributed by atoms with Gasteiger partial charge in [0, 0.05) is 0 Å². The summed E-state index contributed by atoms with van der Waals surface area (Å²) in [5.74, 6) is -0.619. The molecule has 0 aliphatic rings. The lowest BCUT2D eigenvalue weighted by atomic mass is 10.2. The van der Waals surface area contributed by atoms with Crippen molar-refractivity contribution in [2.75, 3.05) is 6.61 Å². The van der Waals surface area contributed by atoms with E-state index in [1.54, 1.807) is 13.8 Å². The third kappa shape index (κ3) is 1.71. The number of hydrogen-bond donors (Lipinski definition) is 0. The number of esters is 1. The van der Waals surface area contributed by atoms with Crippen molar-refractivity contribution in [2.24, 2.45) is 0 Å². The second kappa shape index (κ2) is 4.13. The van der Waals surface area contributed by atoms with Gasteiger partial charge < -0.3 is 9.26 Å². The molecule has 0 aromatic carbocycles. The molecule has 1 aromatic heterocycles. The average Bonchev–Trinajstić information content (AvgIpc) is 2.41. The summed E-state index contributed by atoms with van der Waals surface area (Å²) in [6, 6.07) is 0. The molecule has 5 heteroatoms. The van der Waals surface area contributed by atoms with Crippen LogP contribution in [-0.2, 0) is 11.3 Å². The first kappa shape index (κ1) is 10.6. The number of aromatic nitrogens is 1. The smallest absolute Gasteiger partial charge is 0.372 e. The zero-order valence-electron chi connectivity index (χ0n) is 8.49. The first-order valence-corrected chi connectivity index (χ1v) is 4.49. The molecule has 78 valence electrons. The fourth-order valence-corrected chi connectivity index (χ4v) is 1.22. The summed E-state index contributed by atoms with van der Waals surface area (Å²) in [5, 5.41) is 0. The number of nitrogens with zero attached hydrogens (tertiary/aromatic N) is 1. The molecule has 0 spiro atoms. The highest BCUT2D eigenvalue weighted by Gasteiger charge is 2.21. The Balaban J connectivity index is 3.14. The van der Waals surface area contributed by atoms with Gasteiger partial charge in [0.2, 0.25) is 0 Å². The van der Waals surface area contributed by atoms with E-state index in [2.05, 4.69) is 0 Å². The van der Waals surface area contributed by atoms with Crippen LogP contribution < -0.4 is 5.63 Å². The van der Waals surface area contributed by atoms with Crippen molar-refractivity contribution in [1.29, 1.82) is 0 Å². The van der Waals surface area contributed by atoms with E-state index in [9.17, 15) is 9.59 Å². The first-order valence-electron chi connectivity index (χ1n) is 4.49. The van der Waals surface area contributed by atoms with Gasteiger partial charge in [0.05, 0.1) is 18.8 Å². The Hall–Kier alpha value is -1.52. The van der Waals surface area contributed by atoms with Crippen molar-refractivity contribution in [3.63, 3.8) is 0 Å². The topological polar surface area (TPSA) is 61.4 Å². The Bertz CT molecular complexity index is 388. The molecule has 0 atom stereocenters. The Labute approximate surface area is 81.2 Å². The molecule has 0 radical (unpaired) electrons. The van der Waals surface area contributed by atoms with E-state index in [-0.39, 0.29) is 12.2 Å². The van der Waals surface area contributed by atoms with Crippen LogP contribution in [0.25, 0.3) is 0 Å². The van der Waals surface area contributed by atoms with E-state index in [0.29, 0.717) is 12.2 Å². The Morgan fingerprint density at radius 3 is 2.57 bits per heavy atom. The van der Waals surface area contributed by atoms with Crippen LogP contribution in [0.4, 0.5) is 0 Å². The van der Waals surface area contributed by atoms with Crippen LogP contribution in [0.3, 0.4) is 0 Å². The molecule has 0 aliphatic carbocycles. The van der Waals surface area contributed by atoms with Gasteiger partial charge in [0.25, 0.3) is 0 Å². The summed E-state index contributed by atoms with van der Waals surface area (Å²) < 4.78 is 10.9. The molecule has 0 bridgehead atoms. The average molecular weight is 199 g/mol. The largest absolute Gasteiger partial charge is 0.462 e. The lowest BCUT2D eigenvalue weighted by Crippen LogP contribution is -2.14. The fourth-order valence-electron chi connectivity index (χ4n) is 1.22. The second-order valence-corrected chi connectivity index (χ2v) is 2.75. The van der Waals surface area contributed by atoms with Crippen LogP contribution in [0.2, 0.25) is 0 Å². The molecule has 0 saturated heterocycles. The number of aryl methyl sites for hydroxylation is 1. The van der Waals surface area contributed by atoms with Crippen molar-refractivity contribution in [1.82, 2.24) is 4.74 Å². The van der Waals surface area contributed by atoms with E-state index in [4.69, 9.17) is 9.26 Å². The summed E-state index contributed by atoms with van der Waals surface area (Å²) in [5.41, 5.74) is -0.132. The summed E-state index contributed by atoms with van der Waals surface area (Å²) in [6.45, 7) is 5.92. The molecular weight excluding hydrogens is 186 g/mol. The van der Waals surface area contributed by atoms with E-state index >= 15 is 0 Å². The van der Waals surface area contributed by atoms with Gasteiger partial charge in [-0.1, -0.05) is 0 Å². The van der Waals surface area contributed by atoms with Gasteiger partial charge in [-0.05, 0) is 20.8 Å². The summed E-state index contributed by atoms with van der Waals surface area (Å²) >= 11 is 0. The van der Waals surface area contributed by atoms with Crippen molar-refractivity contribution in [3.05, 3.63) is 21.7 Å². The molecule has 0 N–H and O–H groups in total. The zero-order valence-corrected chi connectivity index (χ0v) is 8.49. The van der Waals surface area contributed by atoms with Crippen LogP contribution in [0.5, 0.6) is 0 Å². The molecule has 1 aromatic rings. The third-order valence-electron chi connectivity index (χ3n) is 1.90. The predicted octanol–water partition coefficient (Wildman–Crippen LogP) is 0.946. The highest BCUT2D eigenvalue weighted by atomic mass is 16.5. The van der Waals surface area contributed by atoms with Gasteiger partial charge in [-0.15, -0.1) is 0 Å². The molecule has 0 aliphatic heterocycles. The minimum atomic E-state index is -0.636. The van der Waals surface area contributed by atoms with Crippen LogP contribution in [0.1, 0.15) is 29.9 Å². The van der Waals surface area contributed by atoms with E-state index in [1.165, 1.54) is 4.74 Å². The van der Waals surface area contributed by atoms with Crippen LogP contribution >= 0.6 is 0 Å². The fraction of sp³-hybridized carbons (Fsp3) is 0.556. The summed E-state index contributed by atoms with van der Waals surface area (Å²) in [6.07, 6.45) is 0. The van der Waals surface area contributed by atoms with Gasteiger partial charge in [-0.2, -0.15) is 0 Å². The van der Waals surface area contributed by atoms with E-state index in [1.807, 2.05) is 6.92 Å². The first-order chi connectivity index (χ1) is 6.61. The monoisotopic (exact) mass is 199 g/mol. The number of rotatable bonds is 3. The lowest BCUT2D eigenvalue weighted by Gasteiger charge is -1.99. The number of carbonyl (C=O) groups is 1. The summed E-state index contributed by atoms with van der Waals surface area (Å²) in [4.78, 5) is 22.6. The quantitative estimate of drug-likeness (QED) is 0.680. The Morgan fingerprint density at radius 2 is 2.14 bits per heavy atom. The molecule has 0 saturated carbocycles. The maximum Gasteiger partial charge on any atom is 0.372 e. The zero-order chi connectivity index (χ0) is 10.7. The van der Waals surface area contributed by atoms with Gasteiger partial charge in [-0.25, -0.2) is 14.3 Å². The van der Waals surface area contributed by atoms with E-state index < -0.39 is 11.6 Å². The third-order valence-corrected chi connectivity index (χ3v) is 1.90. The van der Waals surface area contributed by atoms with Crippen molar-refractivity contribution in [2.45, 2.75) is 27.3 Å². The maximum atomic E-state index is 11.3. The van der Waals surface area contributed by atoms with Crippen molar-refractivity contribution >= 4 is 5.97 Å². The van der Waals surface area contributed by atoms with Gasteiger partial charge in [0.1, 0.15) is 0 Å². The summed E-state index contributed by atoms with van der Waals surface area (Å²) in [7, 11) is 0.